The Labute approximate surface area is 118 Å². The van der Waals surface area contributed by atoms with Crippen LogP contribution in [-0.4, -0.2) is 31.0 Å². The molecule has 0 aromatic rings. The molecule has 0 unspecified atom stereocenters. The molecule has 0 bridgehead atoms. The lowest BCUT2D eigenvalue weighted by Crippen LogP contribution is -2.29. The van der Waals surface area contributed by atoms with Gasteiger partial charge in [-0.25, -0.2) is 9.59 Å². The van der Waals surface area contributed by atoms with Crippen molar-refractivity contribution >= 4 is 17.8 Å². The Kier molecular flexibility index (Phi) is 7.35. The highest BCUT2D eigenvalue weighted by Crippen LogP contribution is 2.14. The van der Waals surface area contributed by atoms with Gasteiger partial charge in [-0.05, 0) is 13.8 Å². The molecule has 20 heavy (non-hydrogen) atoms. The Morgan fingerprint density at radius 2 is 1.70 bits per heavy atom. The molecule has 0 rings (SSSR count). The van der Waals surface area contributed by atoms with E-state index in [4.69, 9.17) is 20.0 Å². The molecule has 0 aliphatic heterocycles. The Morgan fingerprint density at radius 3 is 2.15 bits per heavy atom. The summed E-state index contributed by atoms with van der Waals surface area (Å²) in [4.78, 5) is 27.9. The fourth-order valence-electron chi connectivity index (χ4n) is 0.851. The molecular weight excluding hydrogens is 264 g/mol. The predicted octanol–water partition coefficient (Wildman–Crippen LogP) is 1.33. The number of rotatable bonds is 6. The molecule has 114 valence electrons. The Morgan fingerprint density at radius 1 is 1.15 bits per heavy atom. The van der Waals surface area contributed by atoms with Gasteiger partial charge in [0, 0.05) is 5.41 Å². The fraction of sp³-hybridized carbons (Fsp3) is 0.615. The number of nitrogens with zero attached hydrogens (tertiary/aromatic N) is 1. The SMILES string of the molecule is CCOC(=O)/C=C(/O/N=C(\N)C(C)(C)C)C(=O)OCC. The van der Waals surface area contributed by atoms with E-state index in [1.807, 2.05) is 20.8 Å². The molecule has 0 spiro atoms. The van der Waals surface area contributed by atoms with Gasteiger partial charge in [0.25, 0.3) is 0 Å². The van der Waals surface area contributed by atoms with Crippen LogP contribution in [0.1, 0.15) is 34.6 Å². The van der Waals surface area contributed by atoms with Gasteiger partial charge in [-0.2, -0.15) is 0 Å². The van der Waals surface area contributed by atoms with Gasteiger partial charge >= 0.3 is 11.9 Å². The number of esters is 2. The monoisotopic (exact) mass is 286 g/mol. The van der Waals surface area contributed by atoms with Gasteiger partial charge in [0.15, 0.2) is 0 Å². The average Bonchev–Trinajstić information content (AvgIpc) is 2.33. The topological polar surface area (TPSA) is 100 Å². The quantitative estimate of drug-likeness (QED) is 0.197. The van der Waals surface area contributed by atoms with Crippen molar-refractivity contribution in [3.8, 4) is 0 Å². The highest BCUT2D eigenvalue weighted by molar-refractivity contribution is 5.95. The maximum Gasteiger partial charge on any atom is 0.377 e. The molecule has 0 saturated carbocycles. The van der Waals surface area contributed by atoms with Gasteiger partial charge in [0.1, 0.15) is 5.84 Å². The van der Waals surface area contributed by atoms with E-state index in [-0.39, 0.29) is 24.8 Å². The van der Waals surface area contributed by atoms with Gasteiger partial charge in [-0.3, -0.25) is 0 Å². The van der Waals surface area contributed by atoms with Crippen LogP contribution < -0.4 is 5.73 Å². The van der Waals surface area contributed by atoms with Crippen LogP contribution in [0.15, 0.2) is 17.0 Å². The van der Waals surface area contributed by atoms with Crippen LogP contribution in [0.2, 0.25) is 0 Å². The fourth-order valence-corrected chi connectivity index (χ4v) is 0.851. The summed E-state index contributed by atoms with van der Waals surface area (Å²) >= 11 is 0. The minimum absolute atomic E-state index is 0.140. The molecule has 7 heteroatoms. The zero-order valence-electron chi connectivity index (χ0n) is 12.6. The van der Waals surface area contributed by atoms with Crippen molar-refractivity contribution in [3.63, 3.8) is 0 Å². The minimum atomic E-state index is -0.814. The van der Waals surface area contributed by atoms with Crippen LogP contribution in [-0.2, 0) is 23.9 Å². The molecule has 0 amide bonds. The van der Waals surface area contributed by atoms with Crippen LogP contribution in [0.3, 0.4) is 0 Å². The molecule has 0 fully saturated rings. The lowest BCUT2D eigenvalue weighted by Gasteiger charge is -2.16. The van der Waals surface area contributed by atoms with Crippen LogP contribution in [0.25, 0.3) is 0 Å². The summed E-state index contributed by atoms with van der Waals surface area (Å²) in [5.74, 6) is -1.74. The Balaban J connectivity index is 5.06. The first-order valence-corrected chi connectivity index (χ1v) is 6.28. The first kappa shape index (κ1) is 17.9. The predicted molar refractivity (Wildman–Crippen MR) is 73.5 cm³/mol. The van der Waals surface area contributed by atoms with Gasteiger partial charge in [-0.15, -0.1) is 0 Å². The van der Waals surface area contributed by atoms with E-state index in [0.29, 0.717) is 0 Å². The molecular formula is C13H22N2O5. The van der Waals surface area contributed by atoms with Gasteiger partial charge in [-0.1, -0.05) is 25.9 Å². The molecule has 0 aromatic carbocycles. The molecule has 0 aliphatic carbocycles. The van der Waals surface area contributed by atoms with Crippen LogP contribution in [0.4, 0.5) is 0 Å². The third-order valence-corrected chi connectivity index (χ3v) is 2.02. The summed E-state index contributed by atoms with van der Waals surface area (Å²) in [6, 6.07) is 0. The second-order valence-corrected chi connectivity index (χ2v) is 4.80. The summed E-state index contributed by atoms with van der Waals surface area (Å²) in [6.07, 6.45) is 0.876. The van der Waals surface area contributed by atoms with Gasteiger partial charge < -0.3 is 20.0 Å². The molecule has 0 saturated heterocycles. The second kappa shape index (κ2) is 8.19. The van der Waals surface area contributed by atoms with Crippen LogP contribution >= 0.6 is 0 Å². The third kappa shape index (κ3) is 6.77. The van der Waals surface area contributed by atoms with Gasteiger partial charge in [0.05, 0.1) is 19.3 Å². The number of hydrogen-bond acceptors (Lipinski definition) is 6. The second-order valence-electron chi connectivity index (χ2n) is 4.80. The third-order valence-electron chi connectivity index (χ3n) is 2.02. The summed E-state index contributed by atoms with van der Waals surface area (Å²) in [5, 5.41) is 3.63. The molecule has 7 nitrogen and oxygen atoms in total. The summed E-state index contributed by atoms with van der Waals surface area (Å²) in [5.41, 5.74) is 5.27. The van der Waals surface area contributed by atoms with E-state index in [1.165, 1.54) is 0 Å². The van der Waals surface area contributed by atoms with Crippen LogP contribution in [0, 0.1) is 5.41 Å². The Hall–Kier alpha value is -2.05. The standard InChI is InChI=1S/C13H22N2O5/c1-6-18-10(16)8-9(11(17)19-7-2)20-15-12(14)13(3,4)5/h8H,6-7H2,1-5H3,(H2,14,15)/b9-8+. The lowest BCUT2D eigenvalue weighted by atomic mass is 9.96. The minimum Gasteiger partial charge on any atom is -0.463 e. The summed E-state index contributed by atoms with van der Waals surface area (Å²) < 4.78 is 9.44. The van der Waals surface area contributed by atoms with Crippen LogP contribution in [0.5, 0.6) is 0 Å². The molecule has 0 aliphatic rings. The molecule has 2 N–H and O–H groups in total. The average molecular weight is 286 g/mol. The van der Waals surface area contributed by atoms with Crippen molar-refractivity contribution < 1.29 is 23.9 Å². The molecule has 0 aromatic heterocycles. The number of carbonyl (C=O) groups is 2. The Bertz CT molecular complexity index is 407. The van der Waals surface area contributed by atoms with E-state index >= 15 is 0 Å². The lowest BCUT2D eigenvalue weighted by molar-refractivity contribution is -0.144. The van der Waals surface area contributed by atoms with Crippen molar-refractivity contribution in [3.05, 3.63) is 11.8 Å². The van der Waals surface area contributed by atoms with E-state index < -0.39 is 17.4 Å². The number of nitrogens with two attached hydrogens (primary N) is 1. The largest absolute Gasteiger partial charge is 0.463 e. The van der Waals surface area contributed by atoms with E-state index in [9.17, 15) is 9.59 Å². The van der Waals surface area contributed by atoms with E-state index in [0.717, 1.165) is 6.08 Å². The number of hydrogen-bond donors (Lipinski definition) is 1. The van der Waals surface area contributed by atoms with Crippen molar-refractivity contribution in [2.75, 3.05) is 13.2 Å². The number of ether oxygens (including phenoxy) is 2. The van der Waals surface area contributed by atoms with Crippen molar-refractivity contribution in [1.29, 1.82) is 0 Å². The van der Waals surface area contributed by atoms with Crippen molar-refractivity contribution in [2.45, 2.75) is 34.6 Å². The smallest absolute Gasteiger partial charge is 0.377 e. The molecule has 0 atom stereocenters. The maximum atomic E-state index is 11.6. The zero-order chi connectivity index (χ0) is 15.8. The van der Waals surface area contributed by atoms with E-state index in [2.05, 4.69) is 5.16 Å². The van der Waals surface area contributed by atoms with Crippen molar-refractivity contribution in [1.82, 2.24) is 0 Å². The first-order chi connectivity index (χ1) is 9.22. The highest BCUT2D eigenvalue weighted by atomic mass is 16.7. The summed E-state index contributed by atoms with van der Waals surface area (Å²) in [7, 11) is 0. The molecule has 0 radical (unpaired) electrons. The number of amidine groups is 1. The number of oxime groups is 1. The zero-order valence-corrected chi connectivity index (χ0v) is 12.6. The van der Waals surface area contributed by atoms with Crippen molar-refractivity contribution in [2.24, 2.45) is 16.3 Å². The number of carbonyl (C=O) groups excluding carboxylic acids is 2. The van der Waals surface area contributed by atoms with Gasteiger partial charge in [0.2, 0.25) is 5.76 Å². The highest BCUT2D eigenvalue weighted by Gasteiger charge is 2.19. The summed E-state index contributed by atoms with van der Waals surface area (Å²) in [6.45, 7) is 9.08. The maximum absolute atomic E-state index is 11.6. The van der Waals surface area contributed by atoms with E-state index in [1.54, 1.807) is 13.8 Å². The molecule has 0 heterocycles. The normalized spacial score (nSPS) is 12.8. The first-order valence-electron chi connectivity index (χ1n) is 6.28.